The largest absolute Gasteiger partial charge is 0.475 e. The molecule has 0 radical (unpaired) electrons. The molecular weight excluding hydrogens is 276 g/mol. The van der Waals surface area contributed by atoms with E-state index in [0.717, 1.165) is 13.8 Å². The van der Waals surface area contributed by atoms with Crippen LogP contribution in [0.3, 0.4) is 0 Å². The molecule has 0 unspecified atom stereocenters. The van der Waals surface area contributed by atoms with E-state index in [1.807, 2.05) is 0 Å². The van der Waals surface area contributed by atoms with Crippen LogP contribution in [0.2, 0.25) is 0 Å². The van der Waals surface area contributed by atoms with Crippen LogP contribution in [0.15, 0.2) is 0 Å². The summed E-state index contributed by atoms with van der Waals surface area (Å²) in [6.07, 6.45) is 0. The van der Waals surface area contributed by atoms with Crippen LogP contribution in [-0.2, 0) is 40.2 Å². The van der Waals surface area contributed by atoms with Gasteiger partial charge in [0.2, 0.25) is 0 Å². The van der Waals surface area contributed by atoms with Gasteiger partial charge in [-0.3, -0.25) is 14.4 Å². The number of ketones is 3. The Morgan fingerprint density at radius 2 is 1.29 bits per heavy atom. The molecule has 0 fully saturated rings. The third kappa shape index (κ3) is 4.99. The van der Waals surface area contributed by atoms with E-state index in [1.54, 1.807) is 0 Å². The maximum Gasteiger partial charge on any atom is 0.373 e. The first-order chi connectivity index (χ1) is 5.37. The molecule has 3 N–H and O–H groups in total. The minimum absolute atomic E-state index is 0. The van der Waals surface area contributed by atoms with E-state index in [9.17, 15) is 19.2 Å². The molecule has 0 aliphatic heterocycles. The van der Waals surface area contributed by atoms with E-state index >= 15 is 0 Å². The van der Waals surface area contributed by atoms with Crippen molar-refractivity contribution in [3.05, 3.63) is 0 Å². The van der Waals surface area contributed by atoms with Crippen molar-refractivity contribution in [3.63, 3.8) is 0 Å². The van der Waals surface area contributed by atoms with Gasteiger partial charge in [0, 0.05) is 21.1 Å². The van der Waals surface area contributed by atoms with Crippen LogP contribution in [0.1, 0.15) is 13.8 Å². The monoisotopic (exact) mass is 288 g/mol. The topological polar surface area (TPSA) is 120 Å². The van der Waals surface area contributed by atoms with Crippen LogP contribution in [0, 0.1) is 5.92 Å². The fourth-order valence-corrected chi connectivity index (χ4v) is 0.779. The van der Waals surface area contributed by atoms with Crippen molar-refractivity contribution in [2.45, 2.75) is 13.8 Å². The van der Waals surface area contributed by atoms with Crippen LogP contribution in [0.4, 0.5) is 0 Å². The quantitative estimate of drug-likeness (QED) is 0.387. The Hall–Kier alpha value is -0.872. The van der Waals surface area contributed by atoms with E-state index in [4.69, 9.17) is 5.11 Å². The summed E-state index contributed by atoms with van der Waals surface area (Å²) in [6, 6.07) is 0. The Labute approximate surface area is 94.2 Å². The van der Waals surface area contributed by atoms with Crippen molar-refractivity contribution in [1.82, 2.24) is 0 Å². The van der Waals surface area contributed by atoms with Crippen molar-refractivity contribution in [2.75, 3.05) is 0 Å². The minimum Gasteiger partial charge on any atom is -0.475 e. The molecule has 0 saturated carbocycles. The van der Waals surface area contributed by atoms with Gasteiger partial charge in [0.15, 0.2) is 0 Å². The Kier molecular flexibility index (Phi) is 10.1. The van der Waals surface area contributed by atoms with Gasteiger partial charge in [-0.1, -0.05) is 0 Å². The molecule has 80 valence electrons. The van der Waals surface area contributed by atoms with E-state index in [0.29, 0.717) is 0 Å². The average Bonchev–Trinajstić information content (AvgIpc) is 1.85. The summed E-state index contributed by atoms with van der Waals surface area (Å²) in [5, 5.41) is 8.20. The number of aliphatic carboxylic acids is 1. The summed E-state index contributed by atoms with van der Waals surface area (Å²) in [6.45, 7) is 2.01. The number of carbonyl (C=O) groups excluding carboxylic acids is 3. The molecule has 14 heavy (non-hydrogen) atoms. The molecule has 0 aliphatic rings. The molecule has 0 aromatic heterocycles. The summed E-state index contributed by atoms with van der Waals surface area (Å²) in [7, 11) is 0. The van der Waals surface area contributed by atoms with Gasteiger partial charge in [-0.2, -0.15) is 0 Å². The molecule has 6 nitrogen and oxygen atoms in total. The molecule has 0 heterocycles. The van der Waals surface area contributed by atoms with Crippen molar-refractivity contribution in [1.29, 1.82) is 0 Å². The number of rotatable bonds is 4. The third-order valence-corrected chi connectivity index (χ3v) is 1.29. The summed E-state index contributed by atoms with van der Waals surface area (Å²) >= 11 is 0. The third-order valence-electron chi connectivity index (χ3n) is 1.29. The Morgan fingerprint density at radius 3 is 1.36 bits per heavy atom. The van der Waals surface area contributed by atoms with Crippen molar-refractivity contribution < 1.29 is 50.8 Å². The zero-order valence-electron chi connectivity index (χ0n) is 7.57. The van der Waals surface area contributed by atoms with Crippen LogP contribution >= 0.6 is 0 Å². The smallest absolute Gasteiger partial charge is 0.373 e. The Morgan fingerprint density at radius 1 is 1.00 bits per heavy atom. The van der Waals surface area contributed by atoms with Gasteiger partial charge >= 0.3 is 5.97 Å². The molecular formula is C7H10MoO6. The van der Waals surface area contributed by atoms with Gasteiger partial charge in [-0.25, -0.2) is 4.79 Å². The van der Waals surface area contributed by atoms with Gasteiger partial charge < -0.3 is 10.6 Å². The Bertz CT molecular complexity index is 245. The van der Waals surface area contributed by atoms with E-state index in [1.165, 1.54) is 0 Å². The molecule has 7 heteroatoms. The SMILES string of the molecule is CC(=O)C(C(C)=O)C(=O)C(=O)O.O.[Mo]. The van der Waals surface area contributed by atoms with Gasteiger partial charge in [0.05, 0.1) is 0 Å². The fourth-order valence-electron chi connectivity index (χ4n) is 0.779. The number of carbonyl (C=O) groups is 4. The summed E-state index contributed by atoms with van der Waals surface area (Å²) in [5.74, 6) is -6.24. The number of Topliss-reactive ketones (excluding diaryl/α,β-unsaturated/α-hetero) is 3. The first kappa shape index (κ1) is 18.8. The molecule has 0 aromatic carbocycles. The number of carboxylic acids is 1. The number of hydrogen-bond donors (Lipinski definition) is 1. The average molecular weight is 286 g/mol. The van der Waals surface area contributed by atoms with Gasteiger partial charge in [0.1, 0.15) is 17.5 Å². The van der Waals surface area contributed by atoms with Crippen molar-refractivity contribution in [2.24, 2.45) is 5.92 Å². The van der Waals surface area contributed by atoms with Crippen molar-refractivity contribution in [3.8, 4) is 0 Å². The van der Waals surface area contributed by atoms with E-state index in [-0.39, 0.29) is 26.5 Å². The molecule has 0 bridgehead atoms. The van der Waals surface area contributed by atoms with Gasteiger partial charge in [0.25, 0.3) is 5.78 Å². The fraction of sp³-hybridized carbons (Fsp3) is 0.429. The van der Waals surface area contributed by atoms with Crippen molar-refractivity contribution >= 4 is 23.3 Å². The second-order valence-electron chi connectivity index (χ2n) is 2.32. The standard InChI is InChI=1S/C7H8O5.Mo.H2O/c1-3(8)5(4(2)9)6(10)7(11)12;;/h5H,1-2H3,(H,11,12);;1H2. The van der Waals surface area contributed by atoms with Crippen LogP contribution in [0.5, 0.6) is 0 Å². The van der Waals surface area contributed by atoms with Crippen LogP contribution < -0.4 is 0 Å². The normalized spacial score (nSPS) is 8.21. The second-order valence-corrected chi connectivity index (χ2v) is 2.32. The van der Waals surface area contributed by atoms with E-state index < -0.39 is 29.2 Å². The molecule has 0 atom stereocenters. The van der Waals surface area contributed by atoms with Gasteiger partial charge in [-0.05, 0) is 13.8 Å². The maximum absolute atomic E-state index is 10.7. The first-order valence-corrected chi connectivity index (χ1v) is 3.16. The molecule has 0 saturated heterocycles. The number of carboxylic acid groups (broad SMARTS) is 1. The summed E-state index contributed by atoms with van der Waals surface area (Å²) in [5.41, 5.74) is 0. The summed E-state index contributed by atoms with van der Waals surface area (Å²) in [4.78, 5) is 42.0. The predicted octanol–water partition coefficient (Wildman–Crippen LogP) is -1.39. The predicted molar refractivity (Wildman–Crippen MR) is 41.1 cm³/mol. The van der Waals surface area contributed by atoms with Gasteiger partial charge in [-0.15, -0.1) is 0 Å². The maximum atomic E-state index is 10.7. The summed E-state index contributed by atoms with van der Waals surface area (Å²) < 4.78 is 0. The molecule has 0 aliphatic carbocycles. The van der Waals surface area contributed by atoms with E-state index in [2.05, 4.69) is 0 Å². The zero-order chi connectivity index (χ0) is 9.89. The molecule has 0 aromatic rings. The molecule has 0 amide bonds. The molecule has 0 spiro atoms. The second kappa shape index (κ2) is 7.52. The first-order valence-electron chi connectivity index (χ1n) is 3.16. The molecule has 0 rings (SSSR count). The van der Waals surface area contributed by atoms with Crippen LogP contribution in [-0.4, -0.2) is 33.9 Å². The minimum atomic E-state index is -1.76. The van der Waals surface area contributed by atoms with Crippen LogP contribution in [0.25, 0.3) is 0 Å². The zero-order valence-corrected chi connectivity index (χ0v) is 9.57. The number of hydrogen-bond acceptors (Lipinski definition) is 4. The Balaban J connectivity index is -0.000000605.